The van der Waals surface area contributed by atoms with Crippen LogP contribution in [-0.2, 0) is 4.79 Å². The van der Waals surface area contributed by atoms with Gasteiger partial charge in [0.05, 0.1) is 16.6 Å². The summed E-state index contributed by atoms with van der Waals surface area (Å²) in [7, 11) is 1.51. The Morgan fingerprint density at radius 2 is 1.95 bits per heavy atom. The highest BCUT2D eigenvalue weighted by Gasteiger charge is 2.18. The topological polar surface area (TPSA) is 62.6 Å². The van der Waals surface area contributed by atoms with Crippen molar-refractivity contribution in [2.75, 3.05) is 18.9 Å². The summed E-state index contributed by atoms with van der Waals surface area (Å²) in [4.78, 5) is 25.2. The van der Waals surface area contributed by atoms with E-state index in [-0.39, 0.29) is 18.2 Å². The van der Waals surface area contributed by atoms with Crippen molar-refractivity contribution in [3.63, 3.8) is 0 Å². The van der Waals surface area contributed by atoms with E-state index in [1.807, 2.05) is 0 Å². The fraction of sp³-hybridized carbons (Fsp3) is 0.143. The average molecular weight is 406 g/mol. The van der Waals surface area contributed by atoms with E-state index in [0.717, 1.165) is 0 Å². The fourth-order valence-corrected chi connectivity index (χ4v) is 2.28. The van der Waals surface area contributed by atoms with Crippen molar-refractivity contribution in [3.05, 3.63) is 50.8 Å². The van der Waals surface area contributed by atoms with Crippen LogP contribution >= 0.6 is 39.1 Å². The first-order chi connectivity index (χ1) is 10.4. The van der Waals surface area contributed by atoms with Crippen LogP contribution in [0.5, 0.6) is 0 Å². The zero-order chi connectivity index (χ0) is 16.3. The molecule has 1 aromatic heterocycles. The number of hydrogen-bond donors (Lipinski definition) is 1. The van der Waals surface area contributed by atoms with Crippen LogP contribution in [0.15, 0.2) is 39.4 Å². The van der Waals surface area contributed by atoms with Gasteiger partial charge in [0.15, 0.2) is 10.4 Å². The molecular weight excluding hydrogens is 395 g/mol. The second-order valence-corrected chi connectivity index (χ2v) is 6.04. The Bertz CT molecular complexity index is 718. The van der Waals surface area contributed by atoms with Crippen LogP contribution in [0, 0.1) is 0 Å². The minimum absolute atomic E-state index is 0.128. The first kappa shape index (κ1) is 16.9. The van der Waals surface area contributed by atoms with Gasteiger partial charge in [0.25, 0.3) is 5.91 Å². The number of halogens is 3. The number of amides is 2. The molecule has 0 atom stereocenters. The predicted molar refractivity (Wildman–Crippen MR) is 88.5 cm³/mol. The first-order valence-electron chi connectivity index (χ1n) is 6.12. The molecular formula is C14H11BrCl2N2O3. The fourth-order valence-electron chi connectivity index (χ4n) is 1.68. The SMILES string of the molecule is CN(CC(=O)Nc1ccc(Cl)c(Cl)c1)C(=O)c1ccc(Br)o1. The van der Waals surface area contributed by atoms with Crippen molar-refractivity contribution in [1.29, 1.82) is 0 Å². The van der Waals surface area contributed by atoms with Crippen LogP contribution in [0.1, 0.15) is 10.6 Å². The van der Waals surface area contributed by atoms with E-state index in [0.29, 0.717) is 20.4 Å². The lowest BCUT2D eigenvalue weighted by Crippen LogP contribution is -2.34. The molecule has 0 spiro atoms. The molecule has 0 unspecified atom stereocenters. The quantitative estimate of drug-likeness (QED) is 0.834. The molecule has 0 aliphatic rings. The van der Waals surface area contributed by atoms with E-state index in [2.05, 4.69) is 21.2 Å². The molecule has 1 heterocycles. The number of carbonyl (C=O) groups is 2. The molecule has 2 aromatic rings. The summed E-state index contributed by atoms with van der Waals surface area (Å²) >= 11 is 14.8. The Balaban J connectivity index is 1.96. The molecule has 8 heteroatoms. The molecule has 1 N–H and O–H groups in total. The van der Waals surface area contributed by atoms with Gasteiger partial charge >= 0.3 is 0 Å². The van der Waals surface area contributed by atoms with E-state index < -0.39 is 5.91 Å². The van der Waals surface area contributed by atoms with Gasteiger partial charge in [-0.25, -0.2) is 0 Å². The molecule has 22 heavy (non-hydrogen) atoms. The maximum absolute atomic E-state index is 12.0. The Labute approximate surface area is 145 Å². The molecule has 0 aliphatic heterocycles. The molecule has 2 rings (SSSR count). The molecule has 5 nitrogen and oxygen atoms in total. The van der Waals surface area contributed by atoms with Crippen molar-refractivity contribution in [2.45, 2.75) is 0 Å². The van der Waals surface area contributed by atoms with Gasteiger partial charge in [0.1, 0.15) is 0 Å². The molecule has 1 aromatic carbocycles. The number of furan rings is 1. The third-order valence-corrected chi connectivity index (χ3v) is 3.88. The van der Waals surface area contributed by atoms with E-state index in [4.69, 9.17) is 27.6 Å². The van der Waals surface area contributed by atoms with Gasteiger partial charge in [-0.1, -0.05) is 23.2 Å². The predicted octanol–water partition coefficient (Wildman–Crippen LogP) is 4.06. The third-order valence-electron chi connectivity index (χ3n) is 2.71. The number of rotatable bonds is 4. The van der Waals surface area contributed by atoms with Crippen molar-refractivity contribution < 1.29 is 14.0 Å². The van der Waals surface area contributed by atoms with Crippen LogP contribution in [0.4, 0.5) is 5.69 Å². The lowest BCUT2D eigenvalue weighted by Gasteiger charge is -2.15. The van der Waals surface area contributed by atoms with Crippen molar-refractivity contribution >= 4 is 56.6 Å². The van der Waals surface area contributed by atoms with Crippen molar-refractivity contribution in [3.8, 4) is 0 Å². The Morgan fingerprint density at radius 3 is 2.55 bits per heavy atom. The summed E-state index contributed by atoms with van der Waals surface area (Å²) in [6, 6.07) is 7.87. The number of likely N-dealkylation sites (N-methyl/N-ethyl adjacent to an activating group) is 1. The van der Waals surface area contributed by atoms with E-state index >= 15 is 0 Å². The van der Waals surface area contributed by atoms with Gasteiger partial charge in [-0.05, 0) is 46.3 Å². The monoisotopic (exact) mass is 404 g/mol. The number of nitrogens with one attached hydrogen (secondary N) is 1. The highest BCUT2D eigenvalue weighted by atomic mass is 79.9. The Morgan fingerprint density at radius 1 is 1.23 bits per heavy atom. The maximum Gasteiger partial charge on any atom is 0.289 e. The first-order valence-corrected chi connectivity index (χ1v) is 7.67. The zero-order valence-corrected chi connectivity index (χ0v) is 14.5. The molecule has 2 amide bonds. The number of carbonyl (C=O) groups excluding carboxylic acids is 2. The molecule has 0 radical (unpaired) electrons. The standard InChI is InChI=1S/C14H11BrCl2N2O3/c1-19(14(21)11-4-5-12(15)22-11)7-13(20)18-8-2-3-9(16)10(17)6-8/h2-6H,7H2,1H3,(H,18,20). The largest absolute Gasteiger partial charge is 0.444 e. The van der Waals surface area contributed by atoms with Gasteiger partial charge in [-0.15, -0.1) is 0 Å². The number of benzene rings is 1. The lowest BCUT2D eigenvalue weighted by atomic mass is 10.3. The molecule has 0 saturated heterocycles. The Hall–Kier alpha value is -1.50. The Kier molecular flexibility index (Phi) is 5.50. The second-order valence-electron chi connectivity index (χ2n) is 4.44. The summed E-state index contributed by atoms with van der Waals surface area (Å²) in [5, 5.41) is 3.37. The van der Waals surface area contributed by atoms with Crippen LogP contribution in [0.25, 0.3) is 0 Å². The van der Waals surface area contributed by atoms with Crippen molar-refractivity contribution in [2.24, 2.45) is 0 Å². The van der Waals surface area contributed by atoms with Crippen molar-refractivity contribution in [1.82, 2.24) is 4.90 Å². The van der Waals surface area contributed by atoms with Gasteiger partial charge in [-0.3, -0.25) is 9.59 Å². The third kappa shape index (κ3) is 4.25. The minimum Gasteiger partial charge on any atom is -0.444 e. The molecule has 0 fully saturated rings. The van der Waals surface area contributed by atoms with E-state index in [1.165, 1.54) is 24.1 Å². The summed E-state index contributed by atoms with van der Waals surface area (Å²) in [6.45, 7) is -0.128. The smallest absolute Gasteiger partial charge is 0.289 e. The summed E-state index contributed by atoms with van der Waals surface area (Å²) in [5.74, 6) is -0.605. The van der Waals surface area contributed by atoms with Gasteiger partial charge < -0.3 is 14.6 Å². The van der Waals surface area contributed by atoms with Gasteiger partial charge in [0.2, 0.25) is 5.91 Å². The van der Waals surface area contributed by atoms with Crippen LogP contribution < -0.4 is 5.32 Å². The molecule has 0 aliphatic carbocycles. The highest BCUT2D eigenvalue weighted by molar-refractivity contribution is 9.10. The van der Waals surface area contributed by atoms with Crippen LogP contribution in [0.3, 0.4) is 0 Å². The van der Waals surface area contributed by atoms with E-state index in [9.17, 15) is 9.59 Å². The van der Waals surface area contributed by atoms with E-state index in [1.54, 1.807) is 18.2 Å². The highest BCUT2D eigenvalue weighted by Crippen LogP contribution is 2.25. The lowest BCUT2D eigenvalue weighted by molar-refractivity contribution is -0.116. The van der Waals surface area contributed by atoms with Crippen LogP contribution in [-0.4, -0.2) is 30.3 Å². The van der Waals surface area contributed by atoms with Gasteiger partial charge in [0, 0.05) is 12.7 Å². The minimum atomic E-state index is -0.394. The second kappa shape index (κ2) is 7.17. The zero-order valence-electron chi connectivity index (χ0n) is 11.4. The number of hydrogen-bond acceptors (Lipinski definition) is 3. The van der Waals surface area contributed by atoms with Gasteiger partial charge in [-0.2, -0.15) is 0 Å². The number of nitrogens with zero attached hydrogens (tertiary/aromatic N) is 1. The molecule has 116 valence electrons. The number of anilines is 1. The maximum atomic E-state index is 12.0. The van der Waals surface area contributed by atoms with Crippen LogP contribution in [0.2, 0.25) is 10.0 Å². The summed E-state index contributed by atoms with van der Waals surface area (Å²) in [5.41, 5.74) is 0.501. The normalized spacial score (nSPS) is 10.4. The average Bonchev–Trinajstić information content (AvgIpc) is 2.88. The molecule has 0 saturated carbocycles. The summed E-state index contributed by atoms with van der Waals surface area (Å²) < 4.78 is 5.61. The molecule has 0 bridgehead atoms. The summed E-state index contributed by atoms with van der Waals surface area (Å²) in [6.07, 6.45) is 0.